The Hall–Kier alpha value is -3.12. The van der Waals surface area contributed by atoms with Gasteiger partial charge in [-0.25, -0.2) is 9.97 Å². The van der Waals surface area contributed by atoms with E-state index in [0.717, 1.165) is 46.6 Å². The summed E-state index contributed by atoms with van der Waals surface area (Å²) in [6.45, 7) is 1.10. The van der Waals surface area contributed by atoms with Crippen LogP contribution >= 0.6 is 11.3 Å². The fraction of sp³-hybridized carbons (Fsp3) is 0.143. The number of hydrogen-bond acceptors (Lipinski definition) is 5. The van der Waals surface area contributed by atoms with Gasteiger partial charge in [0.2, 0.25) is 6.79 Å². The van der Waals surface area contributed by atoms with Crippen molar-refractivity contribution in [2.45, 2.75) is 13.0 Å². The standard InChI is InChI=1S/C21H17N3O2S/c1-2-4-15(5-3-1)12-24-9-8-22-20(24)11-21-23-17(13-27-21)16-6-7-18-19(10-16)26-14-25-18/h1-10,13H,11-12,14H2. The van der Waals surface area contributed by atoms with Crippen molar-refractivity contribution < 1.29 is 9.47 Å². The fourth-order valence-electron chi connectivity index (χ4n) is 3.15. The van der Waals surface area contributed by atoms with Crippen molar-refractivity contribution in [1.29, 1.82) is 0 Å². The normalized spacial score (nSPS) is 12.4. The molecule has 0 aliphatic carbocycles. The van der Waals surface area contributed by atoms with Gasteiger partial charge in [-0.3, -0.25) is 0 Å². The van der Waals surface area contributed by atoms with Gasteiger partial charge in [0.15, 0.2) is 11.5 Å². The van der Waals surface area contributed by atoms with E-state index in [2.05, 4.69) is 39.2 Å². The third kappa shape index (κ3) is 3.31. The van der Waals surface area contributed by atoms with E-state index in [4.69, 9.17) is 14.5 Å². The number of thiazole rings is 1. The molecule has 5 rings (SSSR count). The fourth-order valence-corrected chi connectivity index (χ4v) is 3.95. The van der Waals surface area contributed by atoms with E-state index in [1.807, 2.05) is 36.7 Å². The number of fused-ring (bicyclic) bond motifs is 1. The van der Waals surface area contributed by atoms with Gasteiger partial charge in [-0.15, -0.1) is 11.3 Å². The number of aromatic nitrogens is 3. The maximum atomic E-state index is 5.47. The minimum atomic E-state index is 0.283. The third-order valence-corrected chi connectivity index (χ3v) is 5.38. The number of hydrogen-bond donors (Lipinski definition) is 0. The van der Waals surface area contributed by atoms with Crippen LogP contribution in [0.4, 0.5) is 0 Å². The highest BCUT2D eigenvalue weighted by molar-refractivity contribution is 7.10. The van der Waals surface area contributed by atoms with Crippen LogP contribution in [0.15, 0.2) is 66.3 Å². The minimum Gasteiger partial charge on any atom is -0.454 e. The van der Waals surface area contributed by atoms with E-state index in [-0.39, 0.29) is 6.79 Å². The predicted octanol–water partition coefficient (Wildman–Crippen LogP) is 4.37. The molecule has 1 aliphatic heterocycles. The first-order valence-electron chi connectivity index (χ1n) is 8.73. The summed E-state index contributed by atoms with van der Waals surface area (Å²) in [5, 5.41) is 3.13. The monoisotopic (exact) mass is 375 g/mol. The number of rotatable bonds is 5. The summed E-state index contributed by atoms with van der Waals surface area (Å²) in [5.74, 6) is 2.59. The van der Waals surface area contributed by atoms with Gasteiger partial charge in [-0.2, -0.15) is 0 Å². The van der Waals surface area contributed by atoms with Gasteiger partial charge in [0, 0.05) is 29.9 Å². The molecule has 134 valence electrons. The molecule has 3 heterocycles. The van der Waals surface area contributed by atoms with Gasteiger partial charge in [-0.05, 0) is 23.8 Å². The number of ether oxygens (including phenoxy) is 2. The number of imidazole rings is 1. The Morgan fingerprint density at radius 3 is 2.85 bits per heavy atom. The predicted molar refractivity (Wildman–Crippen MR) is 104 cm³/mol. The summed E-state index contributed by atoms with van der Waals surface area (Å²) >= 11 is 1.65. The summed E-state index contributed by atoms with van der Waals surface area (Å²) in [6, 6.07) is 16.3. The van der Waals surface area contributed by atoms with Crippen LogP contribution in [0.25, 0.3) is 11.3 Å². The van der Waals surface area contributed by atoms with E-state index >= 15 is 0 Å². The van der Waals surface area contributed by atoms with Crippen LogP contribution in [-0.4, -0.2) is 21.3 Å². The van der Waals surface area contributed by atoms with Crippen molar-refractivity contribution in [3.8, 4) is 22.8 Å². The van der Waals surface area contributed by atoms with E-state index in [1.165, 1.54) is 5.56 Å². The molecular formula is C21H17N3O2S. The van der Waals surface area contributed by atoms with E-state index in [9.17, 15) is 0 Å². The topological polar surface area (TPSA) is 49.2 Å². The molecule has 2 aromatic heterocycles. The first-order chi connectivity index (χ1) is 13.3. The summed E-state index contributed by atoms with van der Waals surface area (Å²) in [5.41, 5.74) is 3.25. The van der Waals surface area contributed by atoms with Crippen molar-refractivity contribution in [1.82, 2.24) is 14.5 Å². The Kier molecular flexibility index (Phi) is 4.10. The zero-order valence-electron chi connectivity index (χ0n) is 14.5. The smallest absolute Gasteiger partial charge is 0.231 e. The lowest BCUT2D eigenvalue weighted by Gasteiger charge is -2.07. The molecule has 0 bridgehead atoms. The van der Waals surface area contributed by atoms with E-state index in [1.54, 1.807) is 11.3 Å². The van der Waals surface area contributed by atoms with Gasteiger partial charge in [0.25, 0.3) is 0 Å². The van der Waals surface area contributed by atoms with Crippen LogP contribution in [0.3, 0.4) is 0 Å². The molecular weight excluding hydrogens is 358 g/mol. The lowest BCUT2D eigenvalue weighted by Crippen LogP contribution is -2.05. The van der Waals surface area contributed by atoms with E-state index < -0.39 is 0 Å². The quantitative estimate of drug-likeness (QED) is 0.520. The molecule has 0 unspecified atom stereocenters. The van der Waals surface area contributed by atoms with Crippen molar-refractivity contribution in [2.75, 3.05) is 6.79 Å². The molecule has 27 heavy (non-hydrogen) atoms. The number of benzene rings is 2. The van der Waals surface area contributed by atoms with Crippen molar-refractivity contribution >= 4 is 11.3 Å². The summed E-state index contributed by atoms with van der Waals surface area (Å²) in [6.07, 6.45) is 4.59. The molecule has 0 N–H and O–H groups in total. The average molecular weight is 375 g/mol. The highest BCUT2D eigenvalue weighted by Crippen LogP contribution is 2.36. The summed E-state index contributed by atoms with van der Waals surface area (Å²) < 4.78 is 13.0. The minimum absolute atomic E-state index is 0.283. The molecule has 1 aliphatic rings. The van der Waals surface area contributed by atoms with Crippen LogP contribution in [0, 0.1) is 0 Å². The first-order valence-corrected chi connectivity index (χ1v) is 9.61. The van der Waals surface area contributed by atoms with Gasteiger partial charge >= 0.3 is 0 Å². The molecule has 4 aromatic rings. The molecule has 0 radical (unpaired) electrons. The van der Waals surface area contributed by atoms with Gasteiger partial charge < -0.3 is 14.0 Å². The Bertz CT molecular complexity index is 1070. The van der Waals surface area contributed by atoms with Gasteiger partial charge in [0.05, 0.1) is 12.1 Å². The highest BCUT2D eigenvalue weighted by atomic mass is 32.1. The lowest BCUT2D eigenvalue weighted by molar-refractivity contribution is 0.174. The molecule has 2 aromatic carbocycles. The molecule has 6 heteroatoms. The Morgan fingerprint density at radius 2 is 1.93 bits per heavy atom. The van der Waals surface area contributed by atoms with Crippen LogP contribution in [0.5, 0.6) is 11.5 Å². The van der Waals surface area contributed by atoms with Crippen molar-refractivity contribution in [3.63, 3.8) is 0 Å². The van der Waals surface area contributed by atoms with Crippen molar-refractivity contribution in [3.05, 3.63) is 82.7 Å². The average Bonchev–Trinajstić information content (AvgIpc) is 3.44. The molecule has 5 nitrogen and oxygen atoms in total. The SMILES string of the molecule is c1ccc(Cn2ccnc2Cc2nc(-c3ccc4c(c3)OCO4)cs2)cc1. The molecule has 0 amide bonds. The van der Waals surface area contributed by atoms with Crippen LogP contribution in [-0.2, 0) is 13.0 Å². The zero-order valence-corrected chi connectivity index (χ0v) is 15.4. The van der Waals surface area contributed by atoms with Crippen LogP contribution in [0.2, 0.25) is 0 Å². The van der Waals surface area contributed by atoms with Gasteiger partial charge in [0.1, 0.15) is 10.8 Å². The summed E-state index contributed by atoms with van der Waals surface area (Å²) in [4.78, 5) is 9.33. The Morgan fingerprint density at radius 1 is 1.04 bits per heavy atom. The molecule has 0 fully saturated rings. The number of nitrogens with zero attached hydrogens (tertiary/aromatic N) is 3. The first kappa shape index (κ1) is 16.1. The maximum absolute atomic E-state index is 5.47. The van der Waals surface area contributed by atoms with Gasteiger partial charge in [-0.1, -0.05) is 30.3 Å². The van der Waals surface area contributed by atoms with E-state index in [0.29, 0.717) is 0 Å². The maximum Gasteiger partial charge on any atom is 0.231 e. The third-order valence-electron chi connectivity index (χ3n) is 4.53. The molecule has 0 saturated heterocycles. The Labute approximate surface area is 160 Å². The van der Waals surface area contributed by atoms with Crippen molar-refractivity contribution in [2.24, 2.45) is 0 Å². The summed E-state index contributed by atoms with van der Waals surface area (Å²) in [7, 11) is 0. The second-order valence-electron chi connectivity index (χ2n) is 6.33. The zero-order chi connectivity index (χ0) is 18.1. The lowest BCUT2D eigenvalue weighted by atomic mass is 10.1. The molecule has 0 atom stereocenters. The second-order valence-corrected chi connectivity index (χ2v) is 7.27. The largest absolute Gasteiger partial charge is 0.454 e. The Balaban J connectivity index is 1.35. The molecule has 0 saturated carbocycles. The van der Waals surface area contributed by atoms with Crippen LogP contribution < -0.4 is 9.47 Å². The van der Waals surface area contributed by atoms with Crippen LogP contribution in [0.1, 0.15) is 16.4 Å². The second kappa shape index (κ2) is 6.89. The molecule has 0 spiro atoms. The highest BCUT2D eigenvalue weighted by Gasteiger charge is 2.15.